The summed E-state index contributed by atoms with van der Waals surface area (Å²) in [5.74, 6) is 1.56. The third-order valence-electron chi connectivity index (χ3n) is 6.80. The van der Waals surface area contributed by atoms with E-state index in [1.165, 1.54) is 22.9 Å². The van der Waals surface area contributed by atoms with E-state index in [4.69, 9.17) is 4.98 Å². The smallest absolute Gasteiger partial charge is 0.257 e. The van der Waals surface area contributed by atoms with Crippen LogP contribution in [0.2, 0.25) is 0 Å². The number of aromatic amines is 1. The maximum Gasteiger partial charge on any atom is 0.257 e. The second kappa shape index (κ2) is 7.58. The lowest BCUT2D eigenvalue weighted by Gasteiger charge is -2.38. The molecule has 1 saturated heterocycles. The van der Waals surface area contributed by atoms with Crippen molar-refractivity contribution in [3.63, 3.8) is 0 Å². The van der Waals surface area contributed by atoms with Crippen LogP contribution in [-0.2, 0) is 17.8 Å². The number of hydrogen-bond acceptors (Lipinski definition) is 7. The average Bonchev–Trinajstić information content (AvgIpc) is 3.52. The van der Waals surface area contributed by atoms with Crippen molar-refractivity contribution in [3.8, 4) is 0 Å². The number of fused-ring (bicyclic) bond motifs is 4. The summed E-state index contributed by atoms with van der Waals surface area (Å²) >= 11 is 0. The van der Waals surface area contributed by atoms with E-state index >= 15 is 0 Å². The number of nitrogens with one attached hydrogen (secondary N) is 1. The molecule has 0 saturated carbocycles. The molecule has 0 unspecified atom stereocenters. The van der Waals surface area contributed by atoms with Gasteiger partial charge in [0.15, 0.2) is 0 Å². The van der Waals surface area contributed by atoms with Gasteiger partial charge in [-0.25, -0.2) is 0 Å². The highest BCUT2D eigenvalue weighted by atomic mass is 16.2. The van der Waals surface area contributed by atoms with Gasteiger partial charge in [0.1, 0.15) is 12.1 Å². The van der Waals surface area contributed by atoms with Crippen LogP contribution in [0.4, 0.5) is 11.5 Å². The number of rotatable bonds is 3. The first-order chi connectivity index (χ1) is 16.1. The van der Waals surface area contributed by atoms with E-state index in [9.17, 15) is 4.79 Å². The zero-order valence-electron chi connectivity index (χ0n) is 18.5. The SMILES string of the molecule is C=CC(=O)N1CCN(c2nc3nncn3c3c2CCN(c2c(C)ccc4[nH]ncc24)C3)CC1. The van der Waals surface area contributed by atoms with Crippen LogP contribution in [0.1, 0.15) is 16.8 Å². The normalized spacial score (nSPS) is 16.5. The molecular formula is C23H25N9O. The van der Waals surface area contributed by atoms with Gasteiger partial charge in [-0.1, -0.05) is 12.6 Å². The number of nitrogens with zero attached hydrogens (tertiary/aromatic N) is 8. The van der Waals surface area contributed by atoms with Gasteiger partial charge in [0, 0.05) is 43.7 Å². The van der Waals surface area contributed by atoms with Crippen LogP contribution in [-0.4, -0.2) is 73.3 Å². The molecule has 33 heavy (non-hydrogen) atoms. The van der Waals surface area contributed by atoms with E-state index in [1.807, 2.05) is 15.5 Å². The number of anilines is 2. The first kappa shape index (κ1) is 19.7. The summed E-state index contributed by atoms with van der Waals surface area (Å²) in [6.45, 7) is 10.2. The number of amides is 1. The highest BCUT2D eigenvalue weighted by Crippen LogP contribution is 2.35. The van der Waals surface area contributed by atoms with Crippen LogP contribution >= 0.6 is 0 Å². The molecule has 2 aliphatic rings. The number of aryl methyl sites for hydroxylation is 1. The number of H-pyrrole nitrogens is 1. The summed E-state index contributed by atoms with van der Waals surface area (Å²) in [5, 5.41) is 16.9. The zero-order valence-corrected chi connectivity index (χ0v) is 18.5. The van der Waals surface area contributed by atoms with Gasteiger partial charge >= 0.3 is 0 Å². The molecule has 10 heteroatoms. The summed E-state index contributed by atoms with van der Waals surface area (Å²) in [7, 11) is 0. The quantitative estimate of drug-likeness (QED) is 0.481. The van der Waals surface area contributed by atoms with E-state index in [2.05, 4.69) is 55.8 Å². The first-order valence-electron chi connectivity index (χ1n) is 11.2. The maximum absolute atomic E-state index is 12.0. The fourth-order valence-electron chi connectivity index (χ4n) is 5.12. The molecule has 0 atom stereocenters. The molecule has 5 heterocycles. The Labute approximate surface area is 190 Å². The minimum atomic E-state index is -0.0167. The molecule has 6 rings (SSSR count). The van der Waals surface area contributed by atoms with Crippen LogP contribution in [0.15, 0.2) is 37.3 Å². The Bertz CT molecular complexity index is 1380. The lowest BCUT2D eigenvalue weighted by atomic mass is 10.0. The van der Waals surface area contributed by atoms with Crippen LogP contribution in [0.5, 0.6) is 0 Å². The van der Waals surface area contributed by atoms with Crippen molar-refractivity contribution in [2.75, 3.05) is 42.5 Å². The first-order valence-corrected chi connectivity index (χ1v) is 11.2. The van der Waals surface area contributed by atoms with Crippen molar-refractivity contribution in [1.82, 2.24) is 34.7 Å². The molecule has 0 radical (unpaired) electrons. The molecule has 0 spiro atoms. The number of carbonyl (C=O) groups excluding carboxylic acids is 1. The topological polar surface area (TPSA) is 98.5 Å². The van der Waals surface area contributed by atoms with Crippen molar-refractivity contribution in [3.05, 3.63) is 54.1 Å². The molecule has 4 aromatic rings. The minimum absolute atomic E-state index is 0.0167. The second-order valence-corrected chi connectivity index (χ2v) is 8.61. The number of benzene rings is 1. The Morgan fingerprint density at radius 2 is 2.00 bits per heavy atom. The molecule has 3 aromatic heterocycles. The molecule has 1 fully saturated rings. The van der Waals surface area contributed by atoms with Gasteiger partial charge in [-0.3, -0.25) is 14.3 Å². The summed E-state index contributed by atoms with van der Waals surface area (Å²) in [6.07, 6.45) is 5.91. The Balaban J connectivity index is 1.38. The van der Waals surface area contributed by atoms with Crippen molar-refractivity contribution in [1.29, 1.82) is 0 Å². The Morgan fingerprint density at radius 1 is 1.15 bits per heavy atom. The molecule has 1 aromatic carbocycles. The minimum Gasteiger partial charge on any atom is -0.365 e. The van der Waals surface area contributed by atoms with Gasteiger partial charge in [0.25, 0.3) is 5.78 Å². The highest BCUT2D eigenvalue weighted by Gasteiger charge is 2.29. The van der Waals surface area contributed by atoms with Gasteiger partial charge in [0.05, 0.1) is 29.6 Å². The van der Waals surface area contributed by atoms with E-state index < -0.39 is 0 Å². The summed E-state index contributed by atoms with van der Waals surface area (Å²) in [6, 6.07) is 4.22. The van der Waals surface area contributed by atoms with Crippen LogP contribution in [0.25, 0.3) is 16.7 Å². The van der Waals surface area contributed by atoms with E-state index in [1.54, 1.807) is 6.33 Å². The largest absolute Gasteiger partial charge is 0.365 e. The number of piperazine rings is 1. The lowest BCUT2D eigenvalue weighted by Crippen LogP contribution is -2.49. The molecular weight excluding hydrogens is 418 g/mol. The highest BCUT2D eigenvalue weighted by molar-refractivity contribution is 5.93. The molecule has 10 nitrogen and oxygen atoms in total. The number of carbonyl (C=O) groups is 1. The van der Waals surface area contributed by atoms with Crippen molar-refractivity contribution >= 4 is 34.1 Å². The van der Waals surface area contributed by atoms with Crippen molar-refractivity contribution in [2.45, 2.75) is 19.9 Å². The average molecular weight is 444 g/mol. The number of aromatic nitrogens is 6. The third-order valence-corrected chi connectivity index (χ3v) is 6.80. The zero-order chi connectivity index (χ0) is 22.5. The lowest BCUT2D eigenvalue weighted by molar-refractivity contribution is -0.126. The molecule has 2 aliphatic heterocycles. The fraction of sp³-hybridized carbons (Fsp3) is 0.348. The molecule has 1 amide bonds. The second-order valence-electron chi connectivity index (χ2n) is 8.61. The molecule has 0 bridgehead atoms. The van der Waals surface area contributed by atoms with E-state index in [0.29, 0.717) is 18.9 Å². The Kier molecular flexibility index (Phi) is 4.53. The van der Waals surface area contributed by atoms with Crippen LogP contribution in [0.3, 0.4) is 0 Å². The number of hydrogen-bond donors (Lipinski definition) is 1. The van der Waals surface area contributed by atoms with Crippen molar-refractivity contribution < 1.29 is 4.79 Å². The maximum atomic E-state index is 12.0. The Hall–Kier alpha value is -3.95. The Morgan fingerprint density at radius 3 is 2.82 bits per heavy atom. The van der Waals surface area contributed by atoms with Crippen molar-refractivity contribution in [2.24, 2.45) is 0 Å². The summed E-state index contributed by atoms with van der Waals surface area (Å²) < 4.78 is 2.01. The predicted molar refractivity (Wildman–Crippen MR) is 125 cm³/mol. The summed E-state index contributed by atoms with van der Waals surface area (Å²) in [4.78, 5) is 23.4. The molecule has 0 aliphatic carbocycles. The molecule has 1 N–H and O–H groups in total. The predicted octanol–water partition coefficient (Wildman–Crippen LogP) is 1.71. The van der Waals surface area contributed by atoms with Crippen LogP contribution in [0, 0.1) is 6.92 Å². The van der Waals surface area contributed by atoms with Gasteiger partial charge < -0.3 is 14.7 Å². The monoisotopic (exact) mass is 443 g/mol. The standard InChI is InChI=1S/C23H25N9O/c1-3-20(33)29-8-10-30(11-9-29)22-16-6-7-31(13-19(16)32-14-25-28-23(32)26-22)21-15(2)4-5-18-17(21)12-24-27-18/h3-5,12,14H,1,6-11,13H2,2H3,(H,24,27). The third kappa shape index (κ3) is 3.12. The fourth-order valence-corrected chi connectivity index (χ4v) is 5.12. The van der Waals surface area contributed by atoms with Gasteiger partial charge in [-0.2, -0.15) is 10.1 Å². The van der Waals surface area contributed by atoms with Crippen LogP contribution < -0.4 is 9.80 Å². The van der Waals surface area contributed by atoms with Gasteiger partial charge in [-0.05, 0) is 31.1 Å². The molecule has 168 valence electrons. The van der Waals surface area contributed by atoms with Gasteiger partial charge in [0.2, 0.25) is 5.91 Å². The summed E-state index contributed by atoms with van der Waals surface area (Å²) in [5.41, 5.74) is 5.88. The van der Waals surface area contributed by atoms with E-state index in [0.717, 1.165) is 55.0 Å². The van der Waals surface area contributed by atoms with Gasteiger partial charge in [-0.15, -0.1) is 10.2 Å². The van der Waals surface area contributed by atoms with E-state index in [-0.39, 0.29) is 5.91 Å².